The quantitative estimate of drug-likeness (QED) is 0.448. The molecule has 0 aromatic heterocycles. The molecular weight excluding hydrogens is 194 g/mol. The molecule has 0 bridgehead atoms. The van der Waals surface area contributed by atoms with Crippen LogP contribution in [0, 0.1) is 5.92 Å². The number of ether oxygens (including phenoxy) is 1. The van der Waals surface area contributed by atoms with Gasteiger partial charge in [0.15, 0.2) is 0 Å². The van der Waals surface area contributed by atoms with E-state index >= 15 is 0 Å². The minimum Gasteiger partial charge on any atom is -0.508 e. The fraction of sp³-hybridized carbons (Fsp3) is 0.364. The average molecular weight is 207 g/mol. The molecule has 1 aliphatic carbocycles. The van der Waals surface area contributed by atoms with Crippen molar-refractivity contribution in [2.24, 2.45) is 5.92 Å². The maximum absolute atomic E-state index is 11.5. The lowest BCUT2D eigenvalue weighted by molar-refractivity contribution is 0.0487. The molecular formula is C11H13NO3. The van der Waals surface area contributed by atoms with Crippen LogP contribution in [0.3, 0.4) is 0 Å². The summed E-state index contributed by atoms with van der Waals surface area (Å²) in [6, 6.07) is 4.25. The highest BCUT2D eigenvalue weighted by Gasteiger charge is 2.23. The van der Waals surface area contributed by atoms with Gasteiger partial charge in [-0.15, -0.1) is 0 Å². The molecule has 2 rings (SSSR count). The van der Waals surface area contributed by atoms with Gasteiger partial charge in [0.1, 0.15) is 5.75 Å². The van der Waals surface area contributed by atoms with Crippen molar-refractivity contribution in [3.05, 3.63) is 23.8 Å². The van der Waals surface area contributed by atoms with Crippen LogP contribution in [0.25, 0.3) is 0 Å². The van der Waals surface area contributed by atoms with Gasteiger partial charge in [0.2, 0.25) is 0 Å². The number of nitrogen functional groups attached to an aromatic ring is 1. The Labute approximate surface area is 87.7 Å². The van der Waals surface area contributed by atoms with E-state index in [1.54, 1.807) is 0 Å². The number of esters is 1. The highest BCUT2D eigenvalue weighted by Crippen LogP contribution is 2.29. The highest BCUT2D eigenvalue weighted by molar-refractivity contribution is 5.95. The number of hydrogen-bond donors (Lipinski definition) is 2. The van der Waals surface area contributed by atoms with E-state index in [9.17, 15) is 9.90 Å². The van der Waals surface area contributed by atoms with Crippen LogP contribution in [0.5, 0.6) is 5.75 Å². The van der Waals surface area contributed by atoms with Gasteiger partial charge in [-0.25, -0.2) is 4.79 Å². The summed E-state index contributed by atoms with van der Waals surface area (Å²) in [5.41, 5.74) is 6.16. The van der Waals surface area contributed by atoms with Crippen LogP contribution in [-0.2, 0) is 4.74 Å². The van der Waals surface area contributed by atoms with Gasteiger partial charge in [-0.1, -0.05) is 0 Å². The highest BCUT2D eigenvalue weighted by atomic mass is 16.5. The molecule has 0 aliphatic heterocycles. The smallest absolute Gasteiger partial charge is 0.340 e. The zero-order chi connectivity index (χ0) is 10.8. The maximum Gasteiger partial charge on any atom is 0.340 e. The summed E-state index contributed by atoms with van der Waals surface area (Å²) in [6.07, 6.45) is 2.26. The van der Waals surface area contributed by atoms with Gasteiger partial charge in [-0.05, 0) is 37.0 Å². The lowest BCUT2D eigenvalue weighted by Gasteiger charge is -2.06. The average Bonchev–Trinajstić information content (AvgIpc) is 3.02. The molecule has 0 unspecified atom stereocenters. The standard InChI is InChI=1S/C11H13NO3/c12-10-4-3-8(13)5-9(10)11(14)15-6-7-1-2-7/h3-5,7,13H,1-2,6,12H2. The summed E-state index contributed by atoms with van der Waals surface area (Å²) >= 11 is 0. The summed E-state index contributed by atoms with van der Waals surface area (Å²) in [4.78, 5) is 11.5. The number of benzene rings is 1. The van der Waals surface area contributed by atoms with Crippen LogP contribution in [0.2, 0.25) is 0 Å². The van der Waals surface area contributed by atoms with Gasteiger partial charge in [0, 0.05) is 5.69 Å². The van der Waals surface area contributed by atoms with E-state index in [-0.39, 0.29) is 11.3 Å². The summed E-state index contributed by atoms with van der Waals surface area (Å²) in [5.74, 6) is 0.0744. The Hall–Kier alpha value is -1.71. The van der Waals surface area contributed by atoms with Crippen LogP contribution in [0.4, 0.5) is 5.69 Å². The van der Waals surface area contributed by atoms with Crippen LogP contribution in [-0.4, -0.2) is 17.7 Å². The van der Waals surface area contributed by atoms with Crippen LogP contribution in [0.15, 0.2) is 18.2 Å². The lowest BCUT2D eigenvalue weighted by atomic mass is 10.2. The molecule has 0 saturated heterocycles. The molecule has 1 aromatic rings. The number of carbonyl (C=O) groups excluding carboxylic acids is 1. The van der Waals surface area contributed by atoms with Gasteiger partial charge in [0.05, 0.1) is 12.2 Å². The Bertz CT molecular complexity index is 385. The first-order chi connectivity index (χ1) is 7.16. The third-order valence-electron chi connectivity index (χ3n) is 2.40. The molecule has 3 N–H and O–H groups in total. The number of phenols is 1. The number of aromatic hydroxyl groups is 1. The van der Waals surface area contributed by atoms with Gasteiger partial charge in [0.25, 0.3) is 0 Å². The van der Waals surface area contributed by atoms with Crippen LogP contribution >= 0.6 is 0 Å². The Morgan fingerprint density at radius 3 is 2.93 bits per heavy atom. The molecule has 0 radical (unpaired) electrons. The first-order valence-electron chi connectivity index (χ1n) is 4.92. The fourth-order valence-corrected chi connectivity index (χ4v) is 1.28. The molecule has 1 fully saturated rings. The van der Waals surface area contributed by atoms with E-state index in [0.717, 1.165) is 12.8 Å². The second-order valence-electron chi connectivity index (χ2n) is 3.81. The largest absolute Gasteiger partial charge is 0.508 e. The first kappa shape index (κ1) is 9.83. The van der Waals surface area contributed by atoms with Crippen molar-refractivity contribution in [1.82, 2.24) is 0 Å². The Morgan fingerprint density at radius 1 is 1.53 bits per heavy atom. The number of nitrogens with two attached hydrogens (primary N) is 1. The second kappa shape index (κ2) is 3.81. The van der Waals surface area contributed by atoms with Crippen molar-refractivity contribution in [3.63, 3.8) is 0 Å². The van der Waals surface area contributed by atoms with Crippen molar-refractivity contribution < 1.29 is 14.6 Å². The van der Waals surface area contributed by atoms with Crippen molar-refractivity contribution in [2.45, 2.75) is 12.8 Å². The Morgan fingerprint density at radius 2 is 2.27 bits per heavy atom. The van der Waals surface area contributed by atoms with E-state index in [2.05, 4.69) is 0 Å². The molecule has 0 atom stereocenters. The molecule has 0 spiro atoms. The summed E-state index contributed by atoms with van der Waals surface area (Å²) in [5, 5.41) is 9.21. The molecule has 0 amide bonds. The zero-order valence-corrected chi connectivity index (χ0v) is 8.27. The maximum atomic E-state index is 11.5. The van der Waals surface area contributed by atoms with Crippen molar-refractivity contribution in [2.75, 3.05) is 12.3 Å². The molecule has 4 heteroatoms. The first-order valence-corrected chi connectivity index (χ1v) is 4.92. The predicted molar refractivity (Wildman–Crippen MR) is 55.5 cm³/mol. The Kier molecular flexibility index (Phi) is 2.49. The Balaban J connectivity index is 2.05. The SMILES string of the molecule is Nc1ccc(O)cc1C(=O)OCC1CC1. The van der Waals surface area contributed by atoms with Crippen molar-refractivity contribution in [3.8, 4) is 5.75 Å². The van der Waals surface area contributed by atoms with E-state index in [4.69, 9.17) is 10.5 Å². The minimum atomic E-state index is -0.463. The van der Waals surface area contributed by atoms with Crippen LogP contribution in [0.1, 0.15) is 23.2 Å². The predicted octanol–water partition coefficient (Wildman–Crippen LogP) is 1.54. The van der Waals surface area contributed by atoms with Gasteiger partial charge in [-0.3, -0.25) is 0 Å². The molecule has 1 saturated carbocycles. The van der Waals surface area contributed by atoms with Crippen LogP contribution < -0.4 is 5.73 Å². The third-order valence-corrected chi connectivity index (χ3v) is 2.40. The third kappa shape index (κ3) is 2.40. The molecule has 0 heterocycles. The van der Waals surface area contributed by atoms with Gasteiger partial charge in [-0.2, -0.15) is 0 Å². The lowest BCUT2D eigenvalue weighted by Crippen LogP contribution is -2.09. The molecule has 1 aliphatic rings. The number of anilines is 1. The molecule has 1 aromatic carbocycles. The fourth-order valence-electron chi connectivity index (χ4n) is 1.28. The van der Waals surface area contributed by atoms with Gasteiger partial charge < -0.3 is 15.6 Å². The number of phenolic OH excluding ortho intramolecular Hbond substituents is 1. The normalized spacial score (nSPS) is 14.9. The summed E-state index contributed by atoms with van der Waals surface area (Å²) < 4.78 is 5.06. The second-order valence-corrected chi connectivity index (χ2v) is 3.81. The molecule has 15 heavy (non-hydrogen) atoms. The van der Waals surface area contributed by atoms with Crippen molar-refractivity contribution >= 4 is 11.7 Å². The molecule has 80 valence electrons. The number of rotatable bonds is 3. The summed E-state index contributed by atoms with van der Waals surface area (Å²) in [7, 11) is 0. The number of carbonyl (C=O) groups is 1. The number of hydrogen-bond acceptors (Lipinski definition) is 4. The van der Waals surface area contributed by atoms with E-state index in [1.165, 1.54) is 18.2 Å². The van der Waals surface area contributed by atoms with Crippen molar-refractivity contribution in [1.29, 1.82) is 0 Å². The minimum absolute atomic E-state index is 0.0163. The zero-order valence-electron chi connectivity index (χ0n) is 8.27. The topological polar surface area (TPSA) is 72.5 Å². The van der Waals surface area contributed by atoms with Gasteiger partial charge >= 0.3 is 5.97 Å². The van der Waals surface area contributed by atoms with E-state index in [0.29, 0.717) is 18.2 Å². The summed E-state index contributed by atoms with van der Waals surface area (Å²) in [6.45, 7) is 0.452. The van der Waals surface area contributed by atoms with E-state index < -0.39 is 5.97 Å². The monoisotopic (exact) mass is 207 g/mol. The van der Waals surface area contributed by atoms with E-state index in [1.807, 2.05) is 0 Å². The molecule has 4 nitrogen and oxygen atoms in total.